The van der Waals surface area contributed by atoms with Crippen molar-refractivity contribution in [3.05, 3.63) is 22.9 Å². The van der Waals surface area contributed by atoms with Gasteiger partial charge in [0.15, 0.2) is 5.65 Å². The summed E-state index contributed by atoms with van der Waals surface area (Å²) in [6, 6.07) is 2.58. The molecule has 1 aliphatic heterocycles. The Bertz CT molecular complexity index is 719. The fourth-order valence-electron chi connectivity index (χ4n) is 3.77. The normalized spacial score (nSPS) is 20.4. The highest BCUT2D eigenvalue weighted by Gasteiger charge is 2.21. The summed E-state index contributed by atoms with van der Waals surface area (Å²) in [6.45, 7) is 4.30. The van der Waals surface area contributed by atoms with Gasteiger partial charge in [-0.15, -0.1) is 0 Å². The van der Waals surface area contributed by atoms with Gasteiger partial charge in [-0.2, -0.15) is 0 Å². The molecule has 1 fully saturated rings. The summed E-state index contributed by atoms with van der Waals surface area (Å²) in [6.07, 6.45) is 4.60. The summed E-state index contributed by atoms with van der Waals surface area (Å²) in [7, 11) is 1.97. The molecule has 0 amide bonds. The second-order valence-electron chi connectivity index (χ2n) is 6.35. The van der Waals surface area contributed by atoms with Crippen LogP contribution in [0.3, 0.4) is 0 Å². The highest BCUT2D eigenvalue weighted by atomic mass is 15.1. The molecule has 22 heavy (non-hydrogen) atoms. The van der Waals surface area contributed by atoms with Crippen molar-refractivity contribution in [2.75, 3.05) is 30.8 Å². The minimum absolute atomic E-state index is 0.463. The van der Waals surface area contributed by atoms with E-state index >= 15 is 0 Å². The number of hydrogen-bond acceptors (Lipinski definition) is 5. The third kappa shape index (κ3) is 2.20. The van der Waals surface area contributed by atoms with Gasteiger partial charge in [0.2, 0.25) is 0 Å². The van der Waals surface area contributed by atoms with E-state index in [2.05, 4.69) is 28.9 Å². The van der Waals surface area contributed by atoms with E-state index in [9.17, 15) is 0 Å². The van der Waals surface area contributed by atoms with Crippen LogP contribution in [-0.4, -0.2) is 36.1 Å². The molecule has 3 heterocycles. The highest BCUT2D eigenvalue weighted by Crippen LogP contribution is 2.33. The van der Waals surface area contributed by atoms with Crippen molar-refractivity contribution in [3.63, 3.8) is 0 Å². The van der Waals surface area contributed by atoms with E-state index < -0.39 is 0 Å². The van der Waals surface area contributed by atoms with Gasteiger partial charge in [-0.1, -0.05) is 0 Å². The molecular weight excluding hydrogens is 274 g/mol. The van der Waals surface area contributed by atoms with Crippen LogP contribution in [0.5, 0.6) is 0 Å². The Morgan fingerprint density at radius 1 is 1.27 bits per heavy atom. The van der Waals surface area contributed by atoms with Crippen molar-refractivity contribution < 1.29 is 0 Å². The minimum atomic E-state index is 0.463. The molecule has 1 saturated heterocycles. The molecule has 5 nitrogen and oxygen atoms in total. The Hall–Kier alpha value is -1.88. The fourth-order valence-corrected chi connectivity index (χ4v) is 3.77. The topological polar surface area (TPSA) is 61.9 Å². The molecule has 2 aromatic heterocycles. The molecule has 5 heteroatoms. The van der Waals surface area contributed by atoms with Crippen LogP contribution in [-0.2, 0) is 12.8 Å². The number of fused-ring (bicyclic) bond motifs is 2. The number of anilines is 2. The van der Waals surface area contributed by atoms with E-state index in [1.165, 1.54) is 28.6 Å². The molecule has 4 rings (SSSR count). The lowest BCUT2D eigenvalue weighted by Crippen LogP contribution is -2.22. The third-order valence-electron chi connectivity index (χ3n) is 4.94. The first kappa shape index (κ1) is 13.8. The van der Waals surface area contributed by atoms with E-state index in [4.69, 9.17) is 9.97 Å². The first-order valence-electron chi connectivity index (χ1n) is 8.24. The lowest BCUT2D eigenvalue weighted by Gasteiger charge is -2.17. The maximum atomic E-state index is 4.85. The van der Waals surface area contributed by atoms with E-state index in [-0.39, 0.29) is 0 Å². The largest absolute Gasteiger partial charge is 0.387 e. The zero-order valence-electron chi connectivity index (χ0n) is 13.3. The zero-order valence-corrected chi connectivity index (χ0v) is 13.3. The molecule has 1 atom stereocenters. The molecule has 0 radical (unpaired) electrons. The first-order chi connectivity index (χ1) is 10.8. The molecule has 0 saturated carbocycles. The summed E-state index contributed by atoms with van der Waals surface area (Å²) in [5, 5.41) is 11.4. The van der Waals surface area contributed by atoms with Gasteiger partial charge in [0.05, 0.1) is 0 Å². The summed E-state index contributed by atoms with van der Waals surface area (Å²) >= 11 is 0. The number of nitrogens with one attached hydrogen (secondary N) is 3. The van der Waals surface area contributed by atoms with Crippen LogP contribution in [0.4, 0.5) is 11.5 Å². The lowest BCUT2D eigenvalue weighted by atomic mass is 10.0. The molecule has 1 aliphatic carbocycles. The molecule has 0 aromatic carbocycles. The van der Waals surface area contributed by atoms with Crippen molar-refractivity contribution in [2.45, 2.75) is 38.6 Å². The third-order valence-corrected chi connectivity index (χ3v) is 4.94. The Balaban J connectivity index is 1.82. The SMILES string of the molecule is CNc1cc(N[C@@H]2CCNC2)nc2nc3c(c(C)c12)CCC3. The number of rotatable bonds is 3. The van der Waals surface area contributed by atoms with Crippen LogP contribution in [0.25, 0.3) is 11.0 Å². The summed E-state index contributed by atoms with van der Waals surface area (Å²) in [5.41, 5.74) is 6.03. The molecule has 0 unspecified atom stereocenters. The summed E-state index contributed by atoms with van der Waals surface area (Å²) in [4.78, 5) is 9.65. The van der Waals surface area contributed by atoms with Crippen LogP contribution >= 0.6 is 0 Å². The standard InChI is InChI=1S/C17H23N5/c1-10-12-4-3-5-13(12)21-17-16(10)14(18-2)8-15(22-17)20-11-6-7-19-9-11/h8,11,19H,3-7,9H2,1-2H3,(H2,18,20,21,22)/t11-/m1/s1. The molecule has 2 aliphatic rings. The van der Waals surface area contributed by atoms with Gasteiger partial charge in [-0.3, -0.25) is 0 Å². The number of aryl methyl sites for hydroxylation is 2. The zero-order chi connectivity index (χ0) is 15.1. The molecule has 0 spiro atoms. The van der Waals surface area contributed by atoms with Gasteiger partial charge in [0.1, 0.15) is 5.82 Å². The predicted molar refractivity (Wildman–Crippen MR) is 90.7 cm³/mol. The fraction of sp³-hybridized carbons (Fsp3) is 0.529. The quantitative estimate of drug-likeness (QED) is 0.811. The lowest BCUT2D eigenvalue weighted by molar-refractivity contribution is 0.788. The second-order valence-corrected chi connectivity index (χ2v) is 6.35. The van der Waals surface area contributed by atoms with Gasteiger partial charge in [-0.05, 0) is 50.3 Å². The van der Waals surface area contributed by atoms with Gasteiger partial charge in [-0.25, -0.2) is 9.97 Å². The van der Waals surface area contributed by atoms with Gasteiger partial charge in [0, 0.05) is 42.5 Å². The minimum Gasteiger partial charge on any atom is -0.387 e. The van der Waals surface area contributed by atoms with Crippen molar-refractivity contribution >= 4 is 22.5 Å². The highest BCUT2D eigenvalue weighted by molar-refractivity contribution is 5.94. The molecule has 3 N–H and O–H groups in total. The Morgan fingerprint density at radius 3 is 2.95 bits per heavy atom. The van der Waals surface area contributed by atoms with Crippen molar-refractivity contribution in [3.8, 4) is 0 Å². The monoisotopic (exact) mass is 297 g/mol. The van der Waals surface area contributed by atoms with Crippen molar-refractivity contribution in [2.24, 2.45) is 0 Å². The number of nitrogens with zero attached hydrogens (tertiary/aromatic N) is 2. The molecule has 0 bridgehead atoms. The van der Waals surface area contributed by atoms with Crippen molar-refractivity contribution in [1.29, 1.82) is 0 Å². The van der Waals surface area contributed by atoms with Crippen LogP contribution in [0, 0.1) is 6.92 Å². The average molecular weight is 297 g/mol. The maximum Gasteiger partial charge on any atom is 0.164 e. The van der Waals surface area contributed by atoms with Crippen LogP contribution in [0.1, 0.15) is 29.7 Å². The first-order valence-corrected chi connectivity index (χ1v) is 8.24. The smallest absolute Gasteiger partial charge is 0.164 e. The van der Waals surface area contributed by atoms with E-state index in [1.807, 2.05) is 7.05 Å². The summed E-state index contributed by atoms with van der Waals surface area (Å²) < 4.78 is 0. The maximum absolute atomic E-state index is 4.85. The van der Waals surface area contributed by atoms with Crippen LogP contribution in [0.15, 0.2) is 6.07 Å². The van der Waals surface area contributed by atoms with E-state index in [1.54, 1.807) is 0 Å². The van der Waals surface area contributed by atoms with Crippen molar-refractivity contribution in [1.82, 2.24) is 15.3 Å². The Labute approximate surface area is 130 Å². The van der Waals surface area contributed by atoms with Gasteiger partial charge < -0.3 is 16.0 Å². The van der Waals surface area contributed by atoms with Gasteiger partial charge in [0.25, 0.3) is 0 Å². The van der Waals surface area contributed by atoms with Crippen LogP contribution in [0.2, 0.25) is 0 Å². The van der Waals surface area contributed by atoms with Gasteiger partial charge >= 0.3 is 0 Å². The Kier molecular flexibility index (Phi) is 3.37. The Morgan fingerprint density at radius 2 is 2.18 bits per heavy atom. The molecule has 116 valence electrons. The average Bonchev–Trinajstić information content (AvgIpc) is 3.17. The second kappa shape index (κ2) is 5.39. The summed E-state index contributed by atoms with van der Waals surface area (Å²) in [5.74, 6) is 0.926. The molecule has 2 aromatic rings. The van der Waals surface area contributed by atoms with Crippen LogP contribution < -0.4 is 16.0 Å². The van der Waals surface area contributed by atoms with E-state index in [0.29, 0.717) is 6.04 Å². The number of hydrogen-bond donors (Lipinski definition) is 3. The number of aromatic nitrogens is 2. The molecular formula is C17H23N5. The number of pyridine rings is 2. The van der Waals surface area contributed by atoms with E-state index in [0.717, 1.165) is 49.5 Å². The predicted octanol–water partition coefficient (Wildman–Crippen LogP) is 2.24.